The highest BCUT2D eigenvalue weighted by Crippen LogP contribution is 2.14. The molecule has 0 spiro atoms. The van der Waals surface area contributed by atoms with E-state index in [1.165, 1.54) is 4.31 Å². The predicted octanol–water partition coefficient (Wildman–Crippen LogP) is 1.16. The molecule has 2 N–H and O–H groups in total. The second-order valence-electron chi connectivity index (χ2n) is 4.88. The number of nitrogens with zero attached hydrogens (tertiary/aromatic N) is 1. The average molecular weight is 321 g/mol. The van der Waals surface area contributed by atoms with E-state index in [-0.39, 0.29) is 30.8 Å². The molecule has 0 aromatic heterocycles. The van der Waals surface area contributed by atoms with Crippen molar-refractivity contribution >= 4 is 22.4 Å². The first kappa shape index (κ1) is 17.2. The van der Waals surface area contributed by atoms with Gasteiger partial charge in [-0.1, -0.05) is 17.7 Å². The molecule has 0 radical (unpaired) electrons. The van der Waals surface area contributed by atoms with Gasteiger partial charge in [-0.05, 0) is 25.5 Å². The van der Waals surface area contributed by atoms with Crippen molar-refractivity contribution in [2.45, 2.75) is 19.4 Å². The lowest BCUT2D eigenvalue weighted by Crippen LogP contribution is -2.35. The summed E-state index contributed by atoms with van der Waals surface area (Å²) in [5.41, 5.74) is 6.86. The fourth-order valence-corrected chi connectivity index (χ4v) is 3.39. The number of halogens is 1. The maximum absolute atomic E-state index is 12.0. The van der Waals surface area contributed by atoms with Crippen LogP contribution in [-0.2, 0) is 10.0 Å². The van der Waals surface area contributed by atoms with Crippen molar-refractivity contribution < 1.29 is 13.2 Å². The van der Waals surface area contributed by atoms with E-state index in [2.05, 4.69) is 0 Å². The Morgan fingerprint density at radius 1 is 1.35 bits per heavy atom. The average Bonchev–Trinajstić information content (AvgIpc) is 2.79. The molecule has 114 valence electrons. The summed E-state index contributed by atoms with van der Waals surface area (Å²) in [6.45, 7) is 3.10. The van der Waals surface area contributed by atoms with E-state index in [0.29, 0.717) is 18.8 Å². The number of sulfonamides is 1. The molecule has 1 heterocycles. The molecule has 1 fully saturated rings. The van der Waals surface area contributed by atoms with E-state index in [1.54, 1.807) is 0 Å². The number of hydrogen-bond acceptors (Lipinski definition) is 4. The monoisotopic (exact) mass is 320 g/mol. The van der Waals surface area contributed by atoms with Gasteiger partial charge in [-0.15, -0.1) is 12.4 Å². The fraction of sp³-hybridized carbons (Fsp3) is 0.538. The van der Waals surface area contributed by atoms with Crippen molar-refractivity contribution in [1.29, 1.82) is 0 Å². The molecular formula is C13H21ClN2O3S. The smallest absolute Gasteiger partial charge is 0.217 e. The van der Waals surface area contributed by atoms with Gasteiger partial charge in [0.05, 0.1) is 5.75 Å². The SMILES string of the molecule is Cc1ccc(OCCS(=O)(=O)N2CCC(N)C2)cc1.Cl. The van der Waals surface area contributed by atoms with Crippen molar-refractivity contribution in [3.63, 3.8) is 0 Å². The Kier molecular flexibility index (Phi) is 6.26. The molecule has 1 aromatic rings. The Balaban J connectivity index is 0.00000200. The standard InChI is InChI=1S/C13H20N2O3S.ClH/c1-11-2-4-13(5-3-11)18-8-9-19(16,17)15-7-6-12(14)10-15;/h2-5,12H,6-10,14H2,1H3;1H. The lowest BCUT2D eigenvalue weighted by atomic mass is 10.2. The second kappa shape index (κ2) is 7.26. The maximum atomic E-state index is 12.0. The van der Waals surface area contributed by atoms with Crippen LogP contribution in [0.3, 0.4) is 0 Å². The summed E-state index contributed by atoms with van der Waals surface area (Å²) in [5.74, 6) is 0.687. The lowest BCUT2D eigenvalue weighted by molar-refractivity contribution is 0.336. The van der Waals surface area contributed by atoms with Crippen molar-refractivity contribution in [3.8, 4) is 5.75 Å². The zero-order chi connectivity index (χ0) is 13.9. The van der Waals surface area contributed by atoms with Crippen LogP contribution >= 0.6 is 12.4 Å². The molecule has 2 rings (SSSR count). The zero-order valence-corrected chi connectivity index (χ0v) is 13.1. The number of hydrogen-bond donors (Lipinski definition) is 1. The summed E-state index contributed by atoms with van der Waals surface area (Å²) in [5, 5.41) is 0. The molecule has 1 aromatic carbocycles. The molecule has 1 atom stereocenters. The second-order valence-corrected chi connectivity index (χ2v) is 6.97. The minimum absolute atomic E-state index is 0. The first-order chi connectivity index (χ1) is 8.97. The van der Waals surface area contributed by atoms with E-state index in [9.17, 15) is 8.42 Å². The first-order valence-corrected chi connectivity index (χ1v) is 8.01. The summed E-state index contributed by atoms with van der Waals surface area (Å²) in [6.07, 6.45) is 0.734. The van der Waals surface area contributed by atoms with E-state index in [0.717, 1.165) is 12.0 Å². The van der Waals surface area contributed by atoms with E-state index in [1.807, 2.05) is 31.2 Å². The van der Waals surface area contributed by atoms with Gasteiger partial charge in [-0.25, -0.2) is 12.7 Å². The molecule has 20 heavy (non-hydrogen) atoms. The minimum atomic E-state index is -3.24. The van der Waals surface area contributed by atoms with Crippen LogP contribution < -0.4 is 10.5 Å². The number of rotatable bonds is 5. The molecule has 0 bridgehead atoms. The van der Waals surface area contributed by atoms with Gasteiger partial charge < -0.3 is 10.5 Å². The van der Waals surface area contributed by atoms with E-state index < -0.39 is 10.0 Å². The Morgan fingerprint density at radius 2 is 2.00 bits per heavy atom. The van der Waals surface area contributed by atoms with Crippen molar-refractivity contribution in [1.82, 2.24) is 4.31 Å². The third-order valence-electron chi connectivity index (χ3n) is 3.21. The molecule has 0 saturated carbocycles. The van der Waals surface area contributed by atoms with Gasteiger partial charge in [0, 0.05) is 19.1 Å². The number of nitrogens with two attached hydrogens (primary N) is 1. The molecule has 7 heteroatoms. The summed E-state index contributed by atoms with van der Waals surface area (Å²) in [6, 6.07) is 7.52. The van der Waals surface area contributed by atoms with Gasteiger partial charge in [0.2, 0.25) is 10.0 Å². The first-order valence-electron chi connectivity index (χ1n) is 6.40. The maximum Gasteiger partial charge on any atom is 0.217 e. The minimum Gasteiger partial charge on any atom is -0.492 e. The Morgan fingerprint density at radius 3 is 2.55 bits per heavy atom. The van der Waals surface area contributed by atoms with Gasteiger partial charge in [0.25, 0.3) is 0 Å². The summed E-state index contributed by atoms with van der Waals surface area (Å²) in [4.78, 5) is 0. The topological polar surface area (TPSA) is 72.6 Å². The number of aryl methyl sites for hydroxylation is 1. The molecule has 5 nitrogen and oxygen atoms in total. The molecule has 0 aliphatic carbocycles. The molecule has 1 unspecified atom stereocenters. The normalized spacial score (nSPS) is 19.6. The summed E-state index contributed by atoms with van der Waals surface area (Å²) < 4.78 is 30.9. The quantitative estimate of drug-likeness (QED) is 0.883. The summed E-state index contributed by atoms with van der Waals surface area (Å²) >= 11 is 0. The largest absolute Gasteiger partial charge is 0.492 e. The highest BCUT2D eigenvalue weighted by Gasteiger charge is 2.29. The zero-order valence-electron chi connectivity index (χ0n) is 11.5. The Labute approximate surface area is 126 Å². The van der Waals surface area contributed by atoms with Crippen LogP contribution in [0.1, 0.15) is 12.0 Å². The third kappa shape index (κ3) is 4.63. The van der Waals surface area contributed by atoms with Crippen LogP contribution in [0.5, 0.6) is 5.75 Å². The Bertz CT molecular complexity index is 519. The molecule has 1 aliphatic heterocycles. The van der Waals surface area contributed by atoms with Crippen molar-refractivity contribution in [3.05, 3.63) is 29.8 Å². The van der Waals surface area contributed by atoms with Gasteiger partial charge in [0.15, 0.2) is 0 Å². The van der Waals surface area contributed by atoms with Crippen LogP contribution in [0.4, 0.5) is 0 Å². The van der Waals surface area contributed by atoms with Crippen LogP contribution in [0.2, 0.25) is 0 Å². The van der Waals surface area contributed by atoms with Crippen molar-refractivity contribution in [2.75, 3.05) is 25.4 Å². The third-order valence-corrected chi connectivity index (χ3v) is 5.01. The van der Waals surface area contributed by atoms with Crippen molar-refractivity contribution in [2.24, 2.45) is 5.73 Å². The van der Waals surface area contributed by atoms with Gasteiger partial charge in [-0.3, -0.25) is 0 Å². The molecule has 1 saturated heterocycles. The lowest BCUT2D eigenvalue weighted by Gasteiger charge is -2.16. The van der Waals surface area contributed by atoms with E-state index >= 15 is 0 Å². The van der Waals surface area contributed by atoms with Gasteiger partial charge >= 0.3 is 0 Å². The Hall–Kier alpha value is -0.820. The molecule has 0 amide bonds. The van der Waals surface area contributed by atoms with Crippen LogP contribution in [-0.4, -0.2) is 44.2 Å². The molecule has 1 aliphatic rings. The molecular weight excluding hydrogens is 300 g/mol. The van der Waals surface area contributed by atoms with Crippen LogP contribution in [0.25, 0.3) is 0 Å². The number of ether oxygens (including phenoxy) is 1. The number of benzene rings is 1. The van der Waals surface area contributed by atoms with Crippen LogP contribution in [0.15, 0.2) is 24.3 Å². The fourth-order valence-electron chi connectivity index (χ4n) is 2.04. The predicted molar refractivity (Wildman–Crippen MR) is 81.9 cm³/mol. The highest BCUT2D eigenvalue weighted by molar-refractivity contribution is 7.89. The van der Waals surface area contributed by atoms with Crippen LogP contribution in [0, 0.1) is 6.92 Å². The van der Waals surface area contributed by atoms with Gasteiger partial charge in [0.1, 0.15) is 12.4 Å². The van der Waals surface area contributed by atoms with Gasteiger partial charge in [-0.2, -0.15) is 0 Å². The summed E-state index contributed by atoms with van der Waals surface area (Å²) in [7, 11) is -3.24. The highest BCUT2D eigenvalue weighted by atomic mass is 35.5. The van der Waals surface area contributed by atoms with E-state index in [4.69, 9.17) is 10.5 Å².